The molecule has 1 saturated heterocycles. The van der Waals surface area contributed by atoms with Crippen molar-refractivity contribution < 1.29 is 33.3 Å². The van der Waals surface area contributed by atoms with E-state index in [0.717, 1.165) is 0 Å². The average molecular weight is 462 g/mol. The maximum atomic E-state index is 14.0. The van der Waals surface area contributed by atoms with Crippen molar-refractivity contribution in [1.82, 2.24) is 5.32 Å². The summed E-state index contributed by atoms with van der Waals surface area (Å²) in [5.74, 6) is -1.96. The zero-order chi connectivity index (χ0) is 24.4. The Balaban J connectivity index is 2.18. The molecule has 2 unspecified atom stereocenters. The number of methoxy groups -OCH3 is 2. The Kier molecular flexibility index (Phi) is 7.36. The van der Waals surface area contributed by atoms with Crippen LogP contribution in [0.3, 0.4) is 0 Å². The molecule has 8 heteroatoms. The number of hydrogen-bond acceptors (Lipinski definition) is 8. The van der Waals surface area contributed by atoms with E-state index in [-0.39, 0.29) is 18.9 Å². The van der Waals surface area contributed by atoms with Crippen LogP contribution in [0.15, 0.2) is 12.1 Å². The van der Waals surface area contributed by atoms with Gasteiger partial charge in [-0.3, -0.25) is 14.4 Å². The summed E-state index contributed by atoms with van der Waals surface area (Å²) in [4.78, 5) is 41.3. The van der Waals surface area contributed by atoms with Gasteiger partial charge in [0.25, 0.3) is 0 Å². The molecule has 182 valence electrons. The summed E-state index contributed by atoms with van der Waals surface area (Å²) in [6, 6.07) is 3.30. The molecule has 1 aromatic carbocycles. The molecule has 0 spiro atoms. The highest BCUT2D eigenvalue weighted by Gasteiger charge is 2.62. The Labute approximate surface area is 195 Å². The number of Topliss-reactive ketones (excluding diaryl/α,β-unsaturated/α-hetero) is 1. The molecule has 0 bridgehead atoms. The number of hydrogen-bond donors (Lipinski definition) is 1. The first kappa shape index (κ1) is 25.0. The molecule has 1 aromatic rings. The molecule has 3 rings (SSSR count). The van der Waals surface area contributed by atoms with E-state index in [1.54, 1.807) is 39.8 Å². The normalized spacial score (nSPS) is 21.8. The number of carbonyl (C=O) groups excluding carboxylic acids is 3. The molecule has 1 N–H and O–H groups in total. The zero-order valence-corrected chi connectivity index (χ0v) is 20.4. The van der Waals surface area contributed by atoms with Gasteiger partial charge in [0.05, 0.1) is 26.7 Å². The minimum absolute atomic E-state index is 0.0498. The van der Waals surface area contributed by atoms with Crippen LogP contribution in [-0.2, 0) is 25.5 Å². The summed E-state index contributed by atoms with van der Waals surface area (Å²) >= 11 is 0. The van der Waals surface area contributed by atoms with Crippen molar-refractivity contribution in [1.29, 1.82) is 0 Å². The Morgan fingerprint density at radius 1 is 1.12 bits per heavy atom. The fraction of sp³-hybridized carbons (Fsp3) is 0.640. The first-order valence-electron chi connectivity index (χ1n) is 11.5. The van der Waals surface area contributed by atoms with Crippen molar-refractivity contribution in [2.45, 2.75) is 52.6 Å². The number of benzene rings is 1. The highest BCUT2D eigenvalue weighted by atomic mass is 16.6. The van der Waals surface area contributed by atoms with Gasteiger partial charge in [0.1, 0.15) is 11.0 Å². The van der Waals surface area contributed by atoms with E-state index in [1.165, 1.54) is 14.2 Å². The molecule has 0 amide bonds. The van der Waals surface area contributed by atoms with Crippen LogP contribution in [0.2, 0.25) is 0 Å². The summed E-state index contributed by atoms with van der Waals surface area (Å²) in [6.07, 6.45) is 1.36. The Morgan fingerprint density at radius 3 is 2.27 bits per heavy atom. The lowest BCUT2D eigenvalue weighted by Gasteiger charge is -2.40. The fourth-order valence-corrected chi connectivity index (χ4v) is 5.04. The molecule has 8 nitrogen and oxygen atoms in total. The number of piperidine rings is 1. The third kappa shape index (κ3) is 4.71. The lowest BCUT2D eigenvalue weighted by atomic mass is 9.64. The van der Waals surface area contributed by atoms with E-state index < -0.39 is 34.7 Å². The average Bonchev–Trinajstić information content (AvgIpc) is 3.05. The highest BCUT2D eigenvalue weighted by molar-refractivity contribution is 6.18. The summed E-state index contributed by atoms with van der Waals surface area (Å²) in [7, 11) is 3.00. The maximum Gasteiger partial charge on any atom is 0.321 e. The predicted octanol–water partition coefficient (Wildman–Crippen LogP) is 2.95. The van der Waals surface area contributed by atoms with E-state index in [9.17, 15) is 14.4 Å². The van der Waals surface area contributed by atoms with E-state index in [2.05, 4.69) is 5.32 Å². The monoisotopic (exact) mass is 461 g/mol. The predicted molar refractivity (Wildman–Crippen MR) is 122 cm³/mol. The van der Waals surface area contributed by atoms with Crippen molar-refractivity contribution in [2.75, 3.05) is 33.9 Å². The van der Waals surface area contributed by atoms with Gasteiger partial charge in [0, 0.05) is 5.56 Å². The largest absolute Gasteiger partial charge is 0.493 e. The molecule has 1 fully saturated rings. The fourth-order valence-electron chi connectivity index (χ4n) is 5.04. The van der Waals surface area contributed by atoms with E-state index >= 15 is 0 Å². The van der Waals surface area contributed by atoms with Crippen LogP contribution in [-0.4, -0.2) is 57.2 Å². The molecule has 0 aromatic heterocycles. The second-order valence-electron chi connectivity index (χ2n) is 9.66. The summed E-state index contributed by atoms with van der Waals surface area (Å²) in [5, 5.41) is 3.29. The van der Waals surface area contributed by atoms with Crippen molar-refractivity contribution >= 4 is 17.7 Å². The van der Waals surface area contributed by atoms with Crippen molar-refractivity contribution in [2.24, 2.45) is 17.3 Å². The first-order chi connectivity index (χ1) is 15.6. The van der Waals surface area contributed by atoms with Crippen LogP contribution >= 0.6 is 0 Å². The smallest absolute Gasteiger partial charge is 0.321 e. The molecule has 0 radical (unpaired) electrons. The first-order valence-corrected chi connectivity index (χ1v) is 11.5. The van der Waals surface area contributed by atoms with Gasteiger partial charge in [-0.05, 0) is 83.7 Å². The number of ketones is 1. The molecular weight excluding hydrogens is 426 g/mol. The number of esters is 2. The number of ether oxygens (including phenoxy) is 4. The SMILES string of the molecule is CCOC(=O)C1(C(C(=O)OC(C)(C)C)C2CCNCC2)Cc2cc(OC)c(OC)cc2C1=O. The van der Waals surface area contributed by atoms with Gasteiger partial charge in [-0.2, -0.15) is 0 Å². The van der Waals surface area contributed by atoms with Gasteiger partial charge >= 0.3 is 11.9 Å². The van der Waals surface area contributed by atoms with E-state index in [0.29, 0.717) is 48.6 Å². The Hall–Kier alpha value is -2.61. The van der Waals surface area contributed by atoms with Crippen molar-refractivity contribution in [3.63, 3.8) is 0 Å². The van der Waals surface area contributed by atoms with Crippen LogP contribution in [0.25, 0.3) is 0 Å². The topological polar surface area (TPSA) is 100 Å². The molecule has 1 aliphatic carbocycles. The molecule has 1 aliphatic heterocycles. The lowest BCUT2D eigenvalue weighted by molar-refractivity contribution is -0.176. The zero-order valence-electron chi connectivity index (χ0n) is 20.4. The van der Waals surface area contributed by atoms with Gasteiger partial charge in [-0.15, -0.1) is 0 Å². The van der Waals surface area contributed by atoms with Gasteiger partial charge in [-0.25, -0.2) is 0 Å². The Morgan fingerprint density at radius 2 is 1.73 bits per heavy atom. The molecule has 2 atom stereocenters. The van der Waals surface area contributed by atoms with Crippen molar-refractivity contribution in [3.05, 3.63) is 23.3 Å². The molecule has 33 heavy (non-hydrogen) atoms. The Bertz CT molecular complexity index is 914. The standard InChI is InChI=1S/C25H35NO7/c1-7-32-23(29)25(14-16-12-18(30-5)19(31-6)13-17(16)21(25)27)20(15-8-10-26-11-9-15)22(28)33-24(2,3)4/h12-13,15,20,26H,7-11,14H2,1-6H3. The minimum atomic E-state index is -1.69. The third-order valence-corrected chi connectivity index (χ3v) is 6.42. The lowest BCUT2D eigenvalue weighted by Crippen LogP contribution is -2.54. The second kappa shape index (κ2) is 9.71. The highest BCUT2D eigenvalue weighted by Crippen LogP contribution is 2.51. The summed E-state index contributed by atoms with van der Waals surface area (Å²) < 4.78 is 22.0. The molecule has 2 aliphatic rings. The second-order valence-corrected chi connectivity index (χ2v) is 9.66. The quantitative estimate of drug-likeness (QED) is 0.489. The van der Waals surface area contributed by atoms with Crippen LogP contribution in [0.5, 0.6) is 11.5 Å². The molecule has 1 heterocycles. The van der Waals surface area contributed by atoms with Gasteiger partial charge in [-0.1, -0.05) is 0 Å². The van der Waals surface area contributed by atoms with E-state index in [1.807, 2.05) is 0 Å². The number of fused-ring (bicyclic) bond motifs is 1. The van der Waals surface area contributed by atoms with Crippen LogP contribution in [0.4, 0.5) is 0 Å². The van der Waals surface area contributed by atoms with Crippen LogP contribution < -0.4 is 14.8 Å². The number of nitrogens with one attached hydrogen (secondary N) is 1. The van der Waals surface area contributed by atoms with Crippen molar-refractivity contribution in [3.8, 4) is 11.5 Å². The van der Waals surface area contributed by atoms with Gasteiger partial charge in [0.2, 0.25) is 0 Å². The number of carbonyl (C=O) groups is 3. The summed E-state index contributed by atoms with van der Waals surface area (Å²) in [5.41, 5.74) is -1.48. The van der Waals surface area contributed by atoms with E-state index in [4.69, 9.17) is 18.9 Å². The van der Waals surface area contributed by atoms with Gasteiger partial charge in [0.15, 0.2) is 17.3 Å². The minimum Gasteiger partial charge on any atom is -0.493 e. The van der Waals surface area contributed by atoms with Crippen LogP contribution in [0.1, 0.15) is 56.5 Å². The summed E-state index contributed by atoms with van der Waals surface area (Å²) in [6.45, 7) is 8.53. The molecular formula is C25H35NO7. The third-order valence-electron chi connectivity index (χ3n) is 6.42. The van der Waals surface area contributed by atoms with Crippen LogP contribution in [0, 0.1) is 17.3 Å². The maximum absolute atomic E-state index is 14.0. The molecule has 0 saturated carbocycles. The number of rotatable bonds is 7. The van der Waals surface area contributed by atoms with Gasteiger partial charge < -0.3 is 24.3 Å².